The number of fused-ring (bicyclic) bond motifs is 8. The van der Waals surface area contributed by atoms with Crippen LogP contribution in [-0.4, -0.2) is 0 Å². The van der Waals surface area contributed by atoms with Gasteiger partial charge in [-0.1, -0.05) is 127 Å². The highest BCUT2D eigenvalue weighted by molar-refractivity contribution is 6.21. The highest BCUT2D eigenvalue weighted by Crippen LogP contribution is 2.47. The lowest BCUT2D eigenvalue weighted by Gasteiger charge is -2.26. The van der Waals surface area contributed by atoms with E-state index in [1.807, 2.05) is 12.1 Å². The molecule has 53 heavy (non-hydrogen) atoms. The minimum absolute atomic E-state index is 0.856. The predicted octanol–water partition coefficient (Wildman–Crippen LogP) is 14.6. The van der Waals surface area contributed by atoms with Gasteiger partial charge in [0.1, 0.15) is 22.3 Å². The summed E-state index contributed by atoms with van der Waals surface area (Å²) in [6.45, 7) is 0. The Kier molecular flexibility index (Phi) is 6.55. The quantitative estimate of drug-likeness (QED) is 0.182. The van der Waals surface area contributed by atoms with Crippen molar-refractivity contribution in [2.24, 2.45) is 0 Å². The van der Waals surface area contributed by atoms with Gasteiger partial charge in [0.2, 0.25) is 0 Å². The highest BCUT2D eigenvalue weighted by Gasteiger charge is 2.22. The van der Waals surface area contributed by atoms with Crippen LogP contribution in [0.5, 0.6) is 0 Å². The first kappa shape index (κ1) is 29.6. The smallest absolute Gasteiger partial charge is 0.137 e. The highest BCUT2D eigenvalue weighted by atomic mass is 16.3. The Morgan fingerprint density at radius 3 is 1.85 bits per heavy atom. The van der Waals surface area contributed by atoms with Crippen LogP contribution < -0.4 is 4.90 Å². The van der Waals surface area contributed by atoms with Crippen LogP contribution in [0.15, 0.2) is 197 Å². The first-order valence-electron chi connectivity index (χ1n) is 18.0. The third-order valence-corrected chi connectivity index (χ3v) is 10.6. The fourth-order valence-corrected chi connectivity index (χ4v) is 8.18. The number of benzene rings is 9. The fourth-order valence-electron chi connectivity index (χ4n) is 8.18. The number of furan rings is 2. The third-order valence-electron chi connectivity index (χ3n) is 10.6. The van der Waals surface area contributed by atoms with Gasteiger partial charge in [-0.3, -0.25) is 0 Å². The maximum atomic E-state index is 6.65. The zero-order chi connectivity index (χ0) is 34.9. The van der Waals surface area contributed by atoms with Crippen molar-refractivity contribution in [3.63, 3.8) is 0 Å². The average Bonchev–Trinajstić information content (AvgIpc) is 3.79. The summed E-state index contributed by atoms with van der Waals surface area (Å²) in [6, 6.07) is 66.8. The molecule has 2 aromatic heterocycles. The van der Waals surface area contributed by atoms with Crippen molar-refractivity contribution >= 4 is 82.5 Å². The Bertz CT molecular complexity index is 3170. The lowest BCUT2D eigenvalue weighted by Crippen LogP contribution is -2.10. The molecule has 11 aromatic rings. The van der Waals surface area contributed by atoms with Crippen molar-refractivity contribution < 1.29 is 8.83 Å². The number of para-hydroxylation sites is 1. The van der Waals surface area contributed by atoms with Crippen molar-refractivity contribution in [3.8, 4) is 22.3 Å². The van der Waals surface area contributed by atoms with Crippen LogP contribution in [0.4, 0.5) is 17.1 Å². The van der Waals surface area contributed by atoms with Gasteiger partial charge in [-0.2, -0.15) is 0 Å². The van der Waals surface area contributed by atoms with E-state index in [0.717, 1.165) is 71.9 Å². The Hall–Kier alpha value is -7.10. The molecule has 0 aliphatic rings. The van der Waals surface area contributed by atoms with Gasteiger partial charge in [0.25, 0.3) is 0 Å². The number of nitrogens with zero attached hydrogens (tertiary/aromatic N) is 1. The van der Waals surface area contributed by atoms with Crippen molar-refractivity contribution in [3.05, 3.63) is 188 Å². The van der Waals surface area contributed by atoms with Gasteiger partial charge < -0.3 is 13.7 Å². The normalized spacial score (nSPS) is 11.8. The van der Waals surface area contributed by atoms with Crippen LogP contribution in [0.1, 0.15) is 0 Å². The number of hydrogen-bond acceptors (Lipinski definition) is 3. The maximum Gasteiger partial charge on any atom is 0.137 e. The monoisotopic (exact) mass is 677 g/mol. The van der Waals surface area contributed by atoms with Crippen LogP contribution in [-0.2, 0) is 0 Å². The van der Waals surface area contributed by atoms with Crippen LogP contribution in [0, 0.1) is 0 Å². The Morgan fingerprint density at radius 2 is 0.981 bits per heavy atom. The summed E-state index contributed by atoms with van der Waals surface area (Å²) in [7, 11) is 0. The average molecular weight is 678 g/mol. The standard InChI is InChI=1S/C50H31NO2/c1-2-12-34(13-3-1)48-40-16-7-6-15-37(40)30-47-50(48)42-31-39(27-28-45(42)53-47)51(43-18-10-20-46-49(43)41-17-8-9-19-44(41)52-46)38-25-23-33(24-26-38)36-22-21-32-11-4-5-14-35(32)29-36/h1-31H. The molecule has 0 bridgehead atoms. The molecular weight excluding hydrogens is 647 g/mol. The third kappa shape index (κ3) is 4.75. The minimum Gasteiger partial charge on any atom is -0.456 e. The van der Waals surface area contributed by atoms with Gasteiger partial charge in [-0.25, -0.2) is 0 Å². The Labute approximate surface area is 305 Å². The molecule has 0 unspecified atom stereocenters. The van der Waals surface area contributed by atoms with Crippen LogP contribution >= 0.6 is 0 Å². The molecule has 0 aliphatic heterocycles. The van der Waals surface area contributed by atoms with Gasteiger partial charge in [-0.15, -0.1) is 0 Å². The zero-order valence-electron chi connectivity index (χ0n) is 28.7. The fraction of sp³-hybridized carbons (Fsp3) is 0. The molecule has 0 aliphatic carbocycles. The molecule has 3 heteroatoms. The second kappa shape index (κ2) is 11.7. The molecule has 248 valence electrons. The van der Waals surface area contributed by atoms with Crippen molar-refractivity contribution in [1.82, 2.24) is 0 Å². The molecule has 0 N–H and O–H groups in total. The number of hydrogen-bond donors (Lipinski definition) is 0. The first-order valence-corrected chi connectivity index (χ1v) is 18.0. The molecule has 9 aromatic carbocycles. The molecule has 11 rings (SSSR count). The van der Waals surface area contributed by atoms with Gasteiger partial charge in [0.15, 0.2) is 0 Å². The minimum atomic E-state index is 0.856. The summed E-state index contributed by atoms with van der Waals surface area (Å²) in [4.78, 5) is 2.36. The van der Waals surface area contributed by atoms with E-state index in [2.05, 4.69) is 181 Å². The summed E-state index contributed by atoms with van der Waals surface area (Å²) in [5, 5.41) is 9.19. The van der Waals surface area contributed by atoms with E-state index < -0.39 is 0 Å². The van der Waals surface area contributed by atoms with E-state index in [-0.39, 0.29) is 0 Å². The first-order chi connectivity index (χ1) is 26.3. The van der Waals surface area contributed by atoms with E-state index in [9.17, 15) is 0 Å². The maximum absolute atomic E-state index is 6.65. The summed E-state index contributed by atoms with van der Waals surface area (Å²) >= 11 is 0. The van der Waals surface area contributed by atoms with E-state index in [0.29, 0.717) is 0 Å². The molecule has 0 spiro atoms. The second-order valence-electron chi connectivity index (χ2n) is 13.7. The van der Waals surface area contributed by atoms with Gasteiger partial charge in [0.05, 0.1) is 11.1 Å². The van der Waals surface area contributed by atoms with E-state index in [1.54, 1.807) is 0 Å². The summed E-state index contributed by atoms with van der Waals surface area (Å²) in [5.74, 6) is 0. The van der Waals surface area contributed by atoms with Gasteiger partial charge in [0, 0.05) is 33.1 Å². The van der Waals surface area contributed by atoms with Gasteiger partial charge in [-0.05, 0) is 98.9 Å². The summed E-state index contributed by atoms with van der Waals surface area (Å²) in [6.07, 6.45) is 0. The van der Waals surface area contributed by atoms with Crippen LogP contribution in [0.2, 0.25) is 0 Å². The van der Waals surface area contributed by atoms with E-state index in [1.165, 1.54) is 32.8 Å². The number of rotatable bonds is 5. The van der Waals surface area contributed by atoms with Crippen LogP contribution in [0.25, 0.3) is 87.7 Å². The molecule has 0 atom stereocenters. The molecule has 0 saturated heterocycles. The molecule has 0 amide bonds. The molecule has 2 heterocycles. The summed E-state index contributed by atoms with van der Waals surface area (Å²) in [5.41, 5.74) is 11.3. The SMILES string of the molecule is c1ccc(-c2c3ccccc3cc3oc4ccc(N(c5ccc(-c6ccc7ccccc7c6)cc5)c5cccc6oc7ccccc7c56)cc4c23)cc1. The van der Waals surface area contributed by atoms with E-state index >= 15 is 0 Å². The molecule has 0 saturated carbocycles. The predicted molar refractivity (Wildman–Crippen MR) is 222 cm³/mol. The topological polar surface area (TPSA) is 29.5 Å². The van der Waals surface area contributed by atoms with Crippen LogP contribution in [0.3, 0.4) is 0 Å². The van der Waals surface area contributed by atoms with Gasteiger partial charge >= 0.3 is 0 Å². The molecule has 3 nitrogen and oxygen atoms in total. The molecule has 0 radical (unpaired) electrons. The van der Waals surface area contributed by atoms with Crippen molar-refractivity contribution in [2.45, 2.75) is 0 Å². The number of anilines is 3. The van der Waals surface area contributed by atoms with E-state index in [4.69, 9.17) is 8.83 Å². The second-order valence-corrected chi connectivity index (χ2v) is 13.7. The zero-order valence-corrected chi connectivity index (χ0v) is 28.7. The lowest BCUT2D eigenvalue weighted by molar-refractivity contribution is 0.668. The molecular formula is C50H31NO2. The Morgan fingerprint density at radius 1 is 0.321 bits per heavy atom. The molecule has 0 fully saturated rings. The van der Waals surface area contributed by atoms with Crippen molar-refractivity contribution in [2.75, 3.05) is 4.90 Å². The lowest BCUT2D eigenvalue weighted by atomic mass is 9.93. The Balaban J connectivity index is 1.16. The largest absolute Gasteiger partial charge is 0.456 e. The summed E-state index contributed by atoms with van der Waals surface area (Å²) < 4.78 is 13.1. The van der Waals surface area contributed by atoms with Crippen molar-refractivity contribution in [1.29, 1.82) is 0 Å².